The number of hydrogen-bond acceptors (Lipinski definition) is 3. The number of carboxylic acid groups (broad SMARTS) is 1. The average molecular weight is 282 g/mol. The topological polar surface area (TPSA) is 81.6 Å². The van der Waals surface area contributed by atoms with Crippen molar-refractivity contribution in [1.29, 1.82) is 0 Å². The molecule has 2 unspecified atom stereocenters. The van der Waals surface area contributed by atoms with E-state index in [9.17, 15) is 14.3 Å². The summed E-state index contributed by atoms with van der Waals surface area (Å²) in [4.78, 5) is 10.3. The van der Waals surface area contributed by atoms with Crippen LogP contribution in [0.2, 0.25) is 0 Å². The van der Waals surface area contributed by atoms with E-state index in [1.807, 2.05) is 6.07 Å². The maximum absolute atomic E-state index is 13.2. The Labute approximate surface area is 116 Å². The second kappa shape index (κ2) is 6.67. The van der Waals surface area contributed by atoms with Gasteiger partial charge in [-0.1, -0.05) is 6.07 Å². The number of hydrogen-bond donors (Lipinski definition) is 4. The van der Waals surface area contributed by atoms with E-state index in [1.54, 1.807) is 6.07 Å². The van der Waals surface area contributed by atoms with Crippen molar-refractivity contribution in [2.24, 2.45) is 0 Å². The largest absolute Gasteiger partial charge is 0.465 e. The van der Waals surface area contributed by atoms with Crippen LogP contribution in [0.3, 0.4) is 0 Å². The minimum Gasteiger partial charge on any atom is -0.465 e. The minimum absolute atomic E-state index is 0.000266. The van der Waals surface area contributed by atoms with Crippen LogP contribution in [0.5, 0.6) is 0 Å². The van der Waals surface area contributed by atoms with Gasteiger partial charge in [0, 0.05) is 19.1 Å². The third kappa shape index (κ3) is 4.18. The highest BCUT2D eigenvalue weighted by atomic mass is 19.1. The van der Waals surface area contributed by atoms with Crippen molar-refractivity contribution in [1.82, 2.24) is 10.6 Å². The standard InChI is InChI=1S/C14H19FN2O3/c15-11-3-1-9-2-4-12(6-10(9)5-11)16-7-13(18)8-17-14(19)20/h1,3,5,12-13,16-18H,2,4,6-8H2,(H,19,20). The fourth-order valence-electron chi connectivity index (χ4n) is 2.48. The van der Waals surface area contributed by atoms with Gasteiger partial charge in [-0.3, -0.25) is 0 Å². The normalized spacial score (nSPS) is 19.2. The molecule has 110 valence electrons. The molecule has 20 heavy (non-hydrogen) atoms. The molecule has 0 radical (unpaired) electrons. The Kier molecular flexibility index (Phi) is 4.92. The molecule has 1 amide bonds. The molecule has 1 aromatic rings. The molecule has 0 heterocycles. The summed E-state index contributed by atoms with van der Waals surface area (Å²) in [6.45, 7) is 0.315. The smallest absolute Gasteiger partial charge is 0.404 e. The van der Waals surface area contributed by atoms with Gasteiger partial charge in [-0.2, -0.15) is 0 Å². The Hall–Kier alpha value is -1.66. The van der Waals surface area contributed by atoms with Crippen LogP contribution in [0.4, 0.5) is 9.18 Å². The fraction of sp³-hybridized carbons (Fsp3) is 0.500. The fourth-order valence-corrected chi connectivity index (χ4v) is 2.48. The lowest BCUT2D eigenvalue weighted by Crippen LogP contribution is -2.43. The van der Waals surface area contributed by atoms with Crippen molar-refractivity contribution < 1.29 is 19.4 Å². The number of aliphatic hydroxyl groups is 1. The minimum atomic E-state index is -1.15. The van der Waals surface area contributed by atoms with Gasteiger partial charge < -0.3 is 20.8 Å². The Morgan fingerprint density at radius 1 is 1.40 bits per heavy atom. The van der Waals surface area contributed by atoms with E-state index >= 15 is 0 Å². The van der Waals surface area contributed by atoms with Gasteiger partial charge >= 0.3 is 6.09 Å². The molecule has 0 fully saturated rings. The number of carbonyl (C=O) groups is 1. The van der Waals surface area contributed by atoms with Crippen LogP contribution in [0.25, 0.3) is 0 Å². The van der Waals surface area contributed by atoms with Crippen LogP contribution in [0.15, 0.2) is 18.2 Å². The first-order valence-corrected chi connectivity index (χ1v) is 6.70. The van der Waals surface area contributed by atoms with Crippen LogP contribution in [-0.2, 0) is 12.8 Å². The third-order valence-corrected chi connectivity index (χ3v) is 3.53. The number of fused-ring (bicyclic) bond motifs is 1. The first kappa shape index (κ1) is 14.7. The van der Waals surface area contributed by atoms with E-state index in [-0.39, 0.29) is 18.4 Å². The summed E-state index contributed by atoms with van der Waals surface area (Å²) in [7, 11) is 0. The molecular formula is C14H19FN2O3. The second-order valence-corrected chi connectivity index (χ2v) is 5.10. The van der Waals surface area contributed by atoms with Crippen LogP contribution in [0.1, 0.15) is 17.5 Å². The first-order valence-electron chi connectivity index (χ1n) is 6.70. The Bertz CT molecular complexity index is 481. The molecule has 1 aromatic carbocycles. The predicted octanol–water partition coefficient (Wildman–Crippen LogP) is 0.901. The molecule has 5 nitrogen and oxygen atoms in total. The second-order valence-electron chi connectivity index (χ2n) is 5.10. The van der Waals surface area contributed by atoms with Crippen molar-refractivity contribution in [2.75, 3.05) is 13.1 Å². The van der Waals surface area contributed by atoms with Gasteiger partial charge in [0.25, 0.3) is 0 Å². The maximum atomic E-state index is 13.2. The molecule has 2 rings (SSSR count). The van der Waals surface area contributed by atoms with E-state index in [0.717, 1.165) is 24.8 Å². The summed E-state index contributed by atoms with van der Waals surface area (Å²) < 4.78 is 13.2. The first-order chi connectivity index (χ1) is 9.54. The summed E-state index contributed by atoms with van der Waals surface area (Å²) in [6.07, 6.45) is 0.631. The molecule has 0 bridgehead atoms. The van der Waals surface area contributed by atoms with Gasteiger partial charge in [0.1, 0.15) is 5.82 Å². The van der Waals surface area contributed by atoms with Crippen LogP contribution >= 0.6 is 0 Å². The molecule has 2 atom stereocenters. The average Bonchev–Trinajstić information content (AvgIpc) is 2.42. The van der Waals surface area contributed by atoms with Crippen LogP contribution in [0, 0.1) is 5.82 Å². The van der Waals surface area contributed by atoms with Gasteiger partial charge in [0.2, 0.25) is 0 Å². The van der Waals surface area contributed by atoms with Crippen molar-refractivity contribution in [2.45, 2.75) is 31.4 Å². The number of amides is 1. The summed E-state index contributed by atoms with van der Waals surface area (Å²) in [5, 5.41) is 23.4. The number of aliphatic hydroxyl groups excluding tert-OH is 1. The Morgan fingerprint density at radius 3 is 2.95 bits per heavy atom. The van der Waals surface area contributed by atoms with Gasteiger partial charge in [-0.25, -0.2) is 9.18 Å². The van der Waals surface area contributed by atoms with E-state index in [0.29, 0.717) is 6.54 Å². The van der Waals surface area contributed by atoms with Gasteiger partial charge in [0.05, 0.1) is 6.10 Å². The monoisotopic (exact) mass is 282 g/mol. The third-order valence-electron chi connectivity index (χ3n) is 3.53. The number of benzene rings is 1. The van der Waals surface area contributed by atoms with Crippen molar-refractivity contribution in [3.8, 4) is 0 Å². The molecule has 4 N–H and O–H groups in total. The highest BCUT2D eigenvalue weighted by molar-refractivity contribution is 5.64. The Balaban J connectivity index is 1.79. The van der Waals surface area contributed by atoms with E-state index in [2.05, 4.69) is 10.6 Å². The predicted molar refractivity (Wildman–Crippen MR) is 72.3 cm³/mol. The zero-order valence-corrected chi connectivity index (χ0v) is 11.1. The molecule has 0 spiro atoms. The molecule has 0 aliphatic heterocycles. The highest BCUT2D eigenvalue weighted by Gasteiger charge is 2.19. The number of nitrogens with one attached hydrogen (secondary N) is 2. The summed E-state index contributed by atoms with van der Waals surface area (Å²) >= 11 is 0. The van der Waals surface area contributed by atoms with Crippen LogP contribution < -0.4 is 10.6 Å². The number of aryl methyl sites for hydroxylation is 1. The number of halogens is 1. The SMILES string of the molecule is O=C(O)NCC(O)CNC1CCc2ccc(F)cc2C1. The lowest BCUT2D eigenvalue weighted by molar-refractivity contribution is 0.151. The lowest BCUT2D eigenvalue weighted by Gasteiger charge is -2.26. The zero-order chi connectivity index (χ0) is 14.5. The van der Waals surface area contributed by atoms with Gasteiger partial charge in [0.15, 0.2) is 0 Å². The molecule has 0 saturated carbocycles. The number of rotatable bonds is 5. The summed E-state index contributed by atoms with van der Waals surface area (Å²) in [6, 6.07) is 5.05. The van der Waals surface area contributed by atoms with Gasteiger partial charge in [-0.05, 0) is 42.5 Å². The molecule has 1 aliphatic rings. The summed E-state index contributed by atoms with van der Waals surface area (Å²) in [5.74, 6) is -0.227. The van der Waals surface area contributed by atoms with E-state index in [4.69, 9.17) is 5.11 Å². The van der Waals surface area contributed by atoms with Crippen molar-refractivity contribution >= 4 is 6.09 Å². The lowest BCUT2D eigenvalue weighted by atomic mass is 9.88. The van der Waals surface area contributed by atoms with E-state index in [1.165, 1.54) is 11.6 Å². The highest BCUT2D eigenvalue weighted by Crippen LogP contribution is 2.22. The molecule has 1 aliphatic carbocycles. The molecule has 0 aromatic heterocycles. The molecule has 6 heteroatoms. The Morgan fingerprint density at radius 2 is 2.20 bits per heavy atom. The van der Waals surface area contributed by atoms with Crippen molar-refractivity contribution in [3.63, 3.8) is 0 Å². The van der Waals surface area contributed by atoms with E-state index < -0.39 is 12.2 Å². The van der Waals surface area contributed by atoms with Crippen molar-refractivity contribution in [3.05, 3.63) is 35.1 Å². The van der Waals surface area contributed by atoms with Gasteiger partial charge in [-0.15, -0.1) is 0 Å². The zero-order valence-electron chi connectivity index (χ0n) is 11.1. The quantitative estimate of drug-likeness (QED) is 0.647. The summed E-state index contributed by atoms with van der Waals surface area (Å²) in [5.41, 5.74) is 2.18. The maximum Gasteiger partial charge on any atom is 0.404 e. The van der Waals surface area contributed by atoms with Crippen LogP contribution in [-0.4, -0.2) is 41.5 Å². The molecule has 0 saturated heterocycles. The molecular weight excluding hydrogens is 263 g/mol.